The number of benzene rings is 1. The summed E-state index contributed by atoms with van der Waals surface area (Å²) >= 11 is 0.874. The highest BCUT2D eigenvalue weighted by Crippen LogP contribution is 2.36. The van der Waals surface area contributed by atoms with E-state index in [4.69, 9.17) is 5.73 Å². The molecule has 0 amide bonds. The Bertz CT molecular complexity index is 580. The van der Waals surface area contributed by atoms with Gasteiger partial charge in [0.2, 0.25) is 0 Å². The van der Waals surface area contributed by atoms with Gasteiger partial charge in [0.25, 0.3) is 0 Å². The third kappa shape index (κ3) is 3.46. The minimum absolute atomic E-state index is 0.0890. The van der Waals surface area contributed by atoms with Gasteiger partial charge in [0, 0.05) is 11.6 Å². The average Bonchev–Trinajstić information content (AvgIpc) is 2.69. The van der Waals surface area contributed by atoms with E-state index in [1.165, 1.54) is 6.92 Å². The Morgan fingerprint density at radius 2 is 1.89 bits per heavy atom. The van der Waals surface area contributed by atoms with Gasteiger partial charge in [-0.1, -0.05) is 25.2 Å². The van der Waals surface area contributed by atoms with Crippen molar-refractivity contribution in [3.05, 3.63) is 17.4 Å². The molecule has 0 aliphatic carbocycles. The number of hydrogen-bond donors (Lipinski definition) is 1. The van der Waals surface area contributed by atoms with Gasteiger partial charge in [-0.3, -0.25) is 0 Å². The van der Waals surface area contributed by atoms with Crippen molar-refractivity contribution in [2.45, 2.75) is 27.1 Å². The smallest absolute Gasteiger partial charge is 0.405 e. The van der Waals surface area contributed by atoms with Gasteiger partial charge in [-0.05, 0) is 6.92 Å². The molecule has 1 heterocycles. The second kappa shape index (κ2) is 5.60. The van der Waals surface area contributed by atoms with Crippen molar-refractivity contribution in [2.75, 3.05) is 5.73 Å². The number of halogens is 4. The number of anilines is 1. The number of ether oxygens (including phenoxy) is 1. The molecule has 0 aliphatic rings. The molecule has 0 bridgehead atoms. The first-order chi connectivity index (χ1) is 8.78. The van der Waals surface area contributed by atoms with Crippen molar-refractivity contribution in [3.63, 3.8) is 0 Å². The van der Waals surface area contributed by atoms with Crippen LogP contribution in [0.25, 0.3) is 10.2 Å². The molecule has 2 aromatic rings. The van der Waals surface area contributed by atoms with Crippen LogP contribution < -0.4 is 10.5 Å². The summed E-state index contributed by atoms with van der Waals surface area (Å²) in [7, 11) is 0. The standard InChI is InChI=1S/C9H6F4N2OS.C2H6/c1-3-5(16-9(11,12)13)2-4(10)7-6(3)15-8(14)17-7;1-2/h2H,1H3,(H2,14,15);1-2H3. The molecular weight excluding hydrogens is 284 g/mol. The van der Waals surface area contributed by atoms with Crippen molar-refractivity contribution in [3.8, 4) is 5.75 Å². The van der Waals surface area contributed by atoms with E-state index in [1.807, 2.05) is 13.8 Å². The fourth-order valence-electron chi connectivity index (χ4n) is 1.39. The van der Waals surface area contributed by atoms with Gasteiger partial charge >= 0.3 is 6.36 Å². The third-order valence-corrected chi connectivity index (χ3v) is 2.96. The lowest BCUT2D eigenvalue weighted by atomic mass is 10.2. The summed E-state index contributed by atoms with van der Waals surface area (Å²) in [5, 5.41) is 0.0890. The zero-order chi connectivity index (χ0) is 14.8. The topological polar surface area (TPSA) is 48.1 Å². The number of thiazole rings is 1. The molecule has 2 rings (SSSR count). The zero-order valence-corrected chi connectivity index (χ0v) is 11.2. The van der Waals surface area contributed by atoms with E-state index in [9.17, 15) is 17.6 Å². The molecule has 0 saturated heterocycles. The quantitative estimate of drug-likeness (QED) is 0.800. The first-order valence-corrected chi connectivity index (χ1v) is 6.20. The third-order valence-electron chi connectivity index (χ3n) is 2.07. The highest BCUT2D eigenvalue weighted by atomic mass is 32.1. The van der Waals surface area contributed by atoms with E-state index >= 15 is 0 Å². The SMILES string of the molecule is CC.Cc1c(OC(F)(F)F)cc(F)c2sc(N)nc12. The number of nitrogens with zero attached hydrogens (tertiary/aromatic N) is 1. The predicted octanol–water partition coefficient (Wildman–Crippen LogP) is 4.25. The van der Waals surface area contributed by atoms with E-state index in [1.54, 1.807) is 0 Å². The van der Waals surface area contributed by atoms with Gasteiger partial charge in [0.05, 0.1) is 10.2 Å². The number of aryl methyl sites for hydroxylation is 1. The minimum Gasteiger partial charge on any atom is -0.405 e. The molecule has 2 N–H and O–H groups in total. The molecule has 106 valence electrons. The second-order valence-electron chi connectivity index (χ2n) is 3.26. The minimum atomic E-state index is -4.87. The maximum atomic E-state index is 13.5. The molecule has 3 nitrogen and oxygen atoms in total. The lowest BCUT2D eigenvalue weighted by Gasteiger charge is -2.11. The van der Waals surface area contributed by atoms with Crippen molar-refractivity contribution in [2.24, 2.45) is 0 Å². The van der Waals surface area contributed by atoms with Crippen LogP contribution in [-0.4, -0.2) is 11.3 Å². The van der Waals surface area contributed by atoms with E-state index in [0.29, 0.717) is 6.07 Å². The molecule has 0 aliphatic heterocycles. The van der Waals surface area contributed by atoms with Crippen LogP contribution in [0.2, 0.25) is 0 Å². The van der Waals surface area contributed by atoms with Crippen molar-refractivity contribution in [1.29, 1.82) is 0 Å². The van der Waals surface area contributed by atoms with Crippen LogP contribution in [0.5, 0.6) is 5.75 Å². The van der Waals surface area contributed by atoms with E-state index in [2.05, 4.69) is 9.72 Å². The number of fused-ring (bicyclic) bond motifs is 1. The van der Waals surface area contributed by atoms with Crippen LogP contribution in [0.15, 0.2) is 6.07 Å². The fraction of sp³-hybridized carbons (Fsp3) is 0.364. The van der Waals surface area contributed by atoms with Gasteiger partial charge < -0.3 is 10.5 Å². The monoisotopic (exact) mass is 296 g/mol. The normalized spacial score (nSPS) is 11.1. The van der Waals surface area contributed by atoms with Crippen LogP contribution in [0, 0.1) is 12.7 Å². The van der Waals surface area contributed by atoms with E-state index in [0.717, 1.165) is 11.3 Å². The predicted molar refractivity (Wildman–Crippen MR) is 66.8 cm³/mol. The highest BCUT2D eigenvalue weighted by Gasteiger charge is 2.32. The maximum absolute atomic E-state index is 13.5. The van der Waals surface area contributed by atoms with Crippen LogP contribution in [-0.2, 0) is 0 Å². The number of alkyl halides is 3. The Hall–Kier alpha value is -1.57. The summed E-state index contributed by atoms with van der Waals surface area (Å²) in [5.74, 6) is -1.44. The lowest BCUT2D eigenvalue weighted by Crippen LogP contribution is -2.18. The fourth-order valence-corrected chi connectivity index (χ4v) is 2.19. The van der Waals surface area contributed by atoms with E-state index in [-0.39, 0.29) is 20.9 Å². The molecule has 0 unspecified atom stereocenters. The number of nitrogen functional groups attached to an aromatic ring is 1. The Balaban J connectivity index is 0.000000861. The first-order valence-electron chi connectivity index (χ1n) is 5.39. The van der Waals surface area contributed by atoms with Crippen LogP contribution in [0.1, 0.15) is 19.4 Å². The largest absolute Gasteiger partial charge is 0.573 e. The maximum Gasteiger partial charge on any atom is 0.573 e. The van der Waals surface area contributed by atoms with E-state index < -0.39 is 17.9 Å². The number of hydrogen-bond acceptors (Lipinski definition) is 4. The van der Waals surface area contributed by atoms with Crippen molar-refractivity contribution in [1.82, 2.24) is 4.98 Å². The molecule has 1 aromatic carbocycles. The molecule has 1 aromatic heterocycles. The van der Waals surface area contributed by atoms with Gasteiger partial charge in [0.15, 0.2) is 5.13 Å². The summed E-state index contributed by atoms with van der Waals surface area (Å²) < 4.78 is 53.5. The van der Waals surface area contributed by atoms with Gasteiger partial charge in [0.1, 0.15) is 11.6 Å². The molecule has 0 spiro atoms. The molecule has 19 heavy (non-hydrogen) atoms. The summed E-state index contributed by atoms with van der Waals surface area (Å²) in [6.45, 7) is 5.36. The first kappa shape index (κ1) is 15.5. The van der Waals surface area contributed by atoms with Crippen molar-refractivity contribution < 1.29 is 22.3 Å². The molecule has 0 saturated carbocycles. The lowest BCUT2D eigenvalue weighted by molar-refractivity contribution is -0.274. The van der Waals surface area contributed by atoms with Crippen LogP contribution in [0.4, 0.5) is 22.7 Å². The van der Waals surface area contributed by atoms with Gasteiger partial charge in [-0.15, -0.1) is 13.2 Å². The van der Waals surface area contributed by atoms with Gasteiger partial charge in [-0.2, -0.15) is 0 Å². The Morgan fingerprint density at radius 3 is 2.42 bits per heavy atom. The second-order valence-corrected chi connectivity index (χ2v) is 4.29. The molecule has 0 fully saturated rings. The average molecular weight is 296 g/mol. The molecular formula is C11H12F4N2OS. The van der Waals surface area contributed by atoms with Crippen molar-refractivity contribution >= 4 is 26.7 Å². The summed E-state index contributed by atoms with van der Waals surface area (Å²) in [4.78, 5) is 3.77. The highest BCUT2D eigenvalue weighted by molar-refractivity contribution is 7.22. The number of rotatable bonds is 1. The molecule has 8 heteroatoms. The van der Waals surface area contributed by atoms with Gasteiger partial charge in [-0.25, -0.2) is 9.37 Å². The summed E-state index contributed by atoms with van der Waals surface area (Å²) in [6, 6.07) is 0.683. The Kier molecular flexibility index (Phi) is 4.56. The molecule has 0 atom stereocenters. The van der Waals surface area contributed by atoms with Crippen LogP contribution >= 0.6 is 11.3 Å². The number of nitrogens with two attached hydrogens (primary N) is 1. The van der Waals surface area contributed by atoms with Crippen LogP contribution in [0.3, 0.4) is 0 Å². The number of aromatic nitrogens is 1. The molecule has 0 radical (unpaired) electrons. The Labute approximate surface area is 111 Å². The summed E-state index contributed by atoms with van der Waals surface area (Å²) in [5.41, 5.74) is 5.58. The zero-order valence-electron chi connectivity index (χ0n) is 10.4. The Morgan fingerprint density at radius 1 is 1.32 bits per heavy atom. The summed E-state index contributed by atoms with van der Waals surface area (Å²) in [6.07, 6.45) is -4.87.